The van der Waals surface area contributed by atoms with Gasteiger partial charge in [-0.15, -0.1) is 0 Å². The first-order valence-corrected chi connectivity index (χ1v) is 7.59. The van der Waals surface area contributed by atoms with Gasteiger partial charge >= 0.3 is 0 Å². The van der Waals surface area contributed by atoms with Crippen molar-refractivity contribution >= 4 is 5.91 Å². The summed E-state index contributed by atoms with van der Waals surface area (Å²) in [6.45, 7) is 6.61. The molecule has 1 aliphatic rings. The molecule has 1 aromatic rings. The van der Waals surface area contributed by atoms with Crippen molar-refractivity contribution in [1.82, 2.24) is 5.32 Å². The monoisotopic (exact) mass is 274 g/mol. The molecule has 0 radical (unpaired) electrons. The maximum atomic E-state index is 12.6. The SMILES string of the molecule is CCc1ccc(C(C)(C)C(=O)NC(CN)C2CC2)cc1. The molecule has 1 aliphatic carbocycles. The van der Waals surface area contributed by atoms with E-state index in [1.54, 1.807) is 0 Å². The Bertz CT molecular complexity index is 460. The number of hydrogen-bond donors (Lipinski definition) is 2. The van der Waals surface area contributed by atoms with Gasteiger partial charge in [0.2, 0.25) is 5.91 Å². The molecule has 0 spiro atoms. The summed E-state index contributed by atoms with van der Waals surface area (Å²) in [5, 5.41) is 3.13. The number of hydrogen-bond acceptors (Lipinski definition) is 2. The Balaban J connectivity index is 2.08. The molecule has 2 rings (SSSR count). The van der Waals surface area contributed by atoms with Crippen LogP contribution in [0.25, 0.3) is 0 Å². The summed E-state index contributed by atoms with van der Waals surface area (Å²) >= 11 is 0. The number of aryl methyl sites for hydroxylation is 1. The zero-order chi connectivity index (χ0) is 14.8. The molecule has 1 amide bonds. The van der Waals surface area contributed by atoms with Gasteiger partial charge in [0, 0.05) is 12.6 Å². The van der Waals surface area contributed by atoms with E-state index in [0.29, 0.717) is 12.5 Å². The highest BCUT2D eigenvalue weighted by Crippen LogP contribution is 2.33. The Kier molecular flexibility index (Phi) is 4.48. The van der Waals surface area contributed by atoms with Crippen molar-refractivity contribution in [3.05, 3.63) is 35.4 Å². The fourth-order valence-corrected chi connectivity index (χ4v) is 2.50. The van der Waals surface area contributed by atoms with Crippen LogP contribution in [0.5, 0.6) is 0 Å². The summed E-state index contributed by atoms with van der Waals surface area (Å²) in [5.41, 5.74) is 7.60. The molecule has 3 N–H and O–H groups in total. The lowest BCUT2D eigenvalue weighted by molar-refractivity contribution is -0.126. The third-order valence-corrected chi connectivity index (χ3v) is 4.41. The largest absolute Gasteiger partial charge is 0.351 e. The summed E-state index contributed by atoms with van der Waals surface area (Å²) in [4.78, 5) is 12.6. The minimum absolute atomic E-state index is 0.0732. The molecule has 110 valence electrons. The van der Waals surface area contributed by atoms with E-state index >= 15 is 0 Å². The smallest absolute Gasteiger partial charge is 0.230 e. The number of nitrogens with two attached hydrogens (primary N) is 1. The van der Waals surface area contributed by atoms with Gasteiger partial charge in [-0.1, -0.05) is 31.2 Å². The van der Waals surface area contributed by atoms with Crippen molar-refractivity contribution in [1.29, 1.82) is 0 Å². The van der Waals surface area contributed by atoms with Crippen LogP contribution in [-0.2, 0) is 16.6 Å². The maximum Gasteiger partial charge on any atom is 0.230 e. The van der Waals surface area contributed by atoms with Gasteiger partial charge in [-0.3, -0.25) is 4.79 Å². The molecule has 3 nitrogen and oxygen atoms in total. The van der Waals surface area contributed by atoms with Crippen LogP contribution in [0.3, 0.4) is 0 Å². The van der Waals surface area contributed by atoms with Gasteiger partial charge in [0.25, 0.3) is 0 Å². The van der Waals surface area contributed by atoms with Crippen molar-refractivity contribution in [2.45, 2.75) is 51.5 Å². The quantitative estimate of drug-likeness (QED) is 0.837. The lowest BCUT2D eigenvalue weighted by Crippen LogP contribution is -2.48. The lowest BCUT2D eigenvalue weighted by Gasteiger charge is -2.27. The number of amides is 1. The van der Waals surface area contributed by atoms with Crippen molar-refractivity contribution in [2.75, 3.05) is 6.54 Å². The van der Waals surface area contributed by atoms with E-state index in [4.69, 9.17) is 5.73 Å². The van der Waals surface area contributed by atoms with Gasteiger partial charge in [-0.25, -0.2) is 0 Å². The zero-order valence-electron chi connectivity index (χ0n) is 12.8. The maximum absolute atomic E-state index is 12.6. The molecule has 1 unspecified atom stereocenters. The van der Waals surface area contributed by atoms with Crippen molar-refractivity contribution in [3.8, 4) is 0 Å². The second-order valence-corrected chi connectivity index (χ2v) is 6.33. The fraction of sp³-hybridized carbons (Fsp3) is 0.588. The van der Waals surface area contributed by atoms with E-state index in [9.17, 15) is 4.79 Å². The summed E-state index contributed by atoms with van der Waals surface area (Å²) < 4.78 is 0. The second kappa shape index (κ2) is 5.96. The van der Waals surface area contributed by atoms with E-state index in [-0.39, 0.29) is 11.9 Å². The third kappa shape index (κ3) is 3.21. The minimum atomic E-state index is -0.519. The highest BCUT2D eigenvalue weighted by atomic mass is 16.2. The van der Waals surface area contributed by atoms with E-state index in [0.717, 1.165) is 12.0 Å². The number of nitrogens with one attached hydrogen (secondary N) is 1. The van der Waals surface area contributed by atoms with Crippen LogP contribution in [0, 0.1) is 5.92 Å². The highest BCUT2D eigenvalue weighted by Gasteiger charge is 2.36. The number of carbonyl (C=O) groups is 1. The van der Waals surface area contributed by atoms with Crippen molar-refractivity contribution < 1.29 is 4.79 Å². The summed E-state index contributed by atoms with van der Waals surface area (Å²) in [6.07, 6.45) is 3.39. The number of benzene rings is 1. The third-order valence-electron chi connectivity index (χ3n) is 4.41. The summed E-state index contributed by atoms with van der Waals surface area (Å²) in [6, 6.07) is 8.47. The first-order valence-electron chi connectivity index (χ1n) is 7.59. The Labute approximate surface area is 121 Å². The molecule has 1 fully saturated rings. The molecule has 1 saturated carbocycles. The standard InChI is InChI=1S/C17H26N2O/c1-4-12-5-9-14(10-6-12)17(2,3)16(20)19-15(11-18)13-7-8-13/h5-6,9-10,13,15H,4,7-8,11,18H2,1-3H3,(H,19,20). The van der Waals surface area contributed by atoms with Gasteiger partial charge in [0.1, 0.15) is 0 Å². The zero-order valence-corrected chi connectivity index (χ0v) is 12.8. The normalized spacial score (nSPS) is 16.8. The van der Waals surface area contributed by atoms with Crippen molar-refractivity contribution in [2.24, 2.45) is 11.7 Å². The van der Waals surface area contributed by atoms with Crippen LogP contribution in [0.1, 0.15) is 44.7 Å². The molecule has 0 heterocycles. The van der Waals surface area contributed by atoms with E-state index < -0.39 is 5.41 Å². The first kappa shape index (κ1) is 15.0. The predicted octanol–water partition coefficient (Wildman–Crippen LogP) is 2.38. The van der Waals surface area contributed by atoms with Crippen LogP contribution in [0.2, 0.25) is 0 Å². The van der Waals surface area contributed by atoms with Gasteiger partial charge in [-0.2, -0.15) is 0 Å². The molecular weight excluding hydrogens is 248 g/mol. The second-order valence-electron chi connectivity index (χ2n) is 6.33. The first-order chi connectivity index (χ1) is 9.48. The predicted molar refractivity (Wildman–Crippen MR) is 82.6 cm³/mol. The number of carbonyl (C=O) groups excluding carboxylic acids is 1. The fourth-order valence-electron chi connectivity index (χ4n) is 2.50. The van der Waals surface area contributed by atoms with Crippen LogP contribution in [0.4, 0.5) is 0 Å². The van der Waals surface area contributed by atoms with Crippen LogP contribution in [0.15, 0.2) is 24.3 Å². The van der Waals surface area contributed by atoms with Gasteiger partial charge < -0.3 is 11.1 Å². The summed E-state index contributed by atoms with van der Waals surface area (Å²) in [7, 11) is 0. The molecule has 0 aliphatic heterocycles. The Morgan fingerprint density at radius 3 is 2.40 bits per heavy atom. The summed E-state index contributed by atoms with van der Waals surface area (Å²) in [5.74, 6) is 0.659. The average molecular weight is 274 g/mol. The molecule has 0 bridgehead atoms. The van der Waals surface area contributed by atoms with Crippen molar-refractivity contribution in [3.63, 3.8) is 0 Å². The molecule has 0 saturated heterocycles. The van der Waals surface area contributed by atoms with Crippen LogP contribution >= 0.6 is 0 Å². The molecule has 1 atom stereocenters. The van der Waals surface area contributed by atoms with Crippen LogP contribution < -0.4 is 11.1 Å². The topological polar surface area (TPSA) is 55.1 Å². The molecule has 0 aromatic heterocycles. The lowest BCUT2D eigenvalue weighted by atomic mass is 9.83. The Hall–Kier alpha value is -1.35. The van der Waals surface area contributed by atoms with Gasteiger partial charge in [-0.05, 0) is 50.2 Å². The molecule has 3 heteroatoms. The number of rotatable bonds is 6. The van der Waals surface area contributed by atoms with Crippen LogP contribution in [-0.4, -0.2) is 18.5 Å². The van der Waals surface area contributed by atoms with E-state index in [2.05, 4.69) is 36.5 Å². The Morgan fingerprint density at radius 2 is 1.95 bits per heavy atom. The minimum Gasteiger partial charge on any atom is -0.351 e. The highest BCUT2D eigenvalue weighted by molar-refractivity contribution is 5.87. The molecular formula is C17H26N2O. The average Bonchev–Trinajstić information content (AvgIpc) is 3.29. The Morgan fingerprint density at radius 1 is 1.35 bits per heavy atom. The van der Waals surface area contributed by atoms with E-state index in [1.165, 1.54) is 18.4 Å². The van der Waals surface area contributed by atoms with Gasteiger partial charge in [0.15, 0.2) is 0 Å². The molecule has 1 aromatic carbocycles. The molecule has 20 heavy (non-hydrogen) atoms. The van der Waals surface area contributed by atoms with Gasteiger partial charge in [0.05, 0.1) is 5.41 Å². The van der Waals surface area contributed by atoms with E-state index in [1.807, 2.05) is 13.8 Å².